The lowest BCUT2D eigenvalue weighted by atomic mass is 10.0. The van der Waals surface area contributed by atoms with Gasteiger partial charge in [0.1, 0.15) is 5.58 Å². The zero-order chi connectivity index (χ0) is 19.0. The first-order chi connectivity index (χ1) is 13.0. The molecule has 27 heavy (non-hydrogen) atoms. The Morgan fingerprint density at radius 2 is 1.93 bits per heavy atom. The minimum absolute atomic E-state index is 0.00591. The SMILES string of the molecule is Cc1ccc2c(CN3CCOC(c4ccc(Cl)cc4)C3)cc(=O)oc2c1C. The molecule has 0 amide bonds. The van der Waals surface area contributed by atoms with E-state index in [0.717, 1.165) is 45.8 Å². The van der Waals surface area contributed by atoms with Gasteiger partial charge in [0.15, 0.2) is 0 Å². The summed E-state index contributed by atoms with van der Waals surface area (Å²) in [7, 11) is 0. The fourth-order valence-electron chi connectivity index (χ4n) is 3.62. The number of halogens is 1. The van der Waals surface area contributed by atoms with Crippen LogP contribution in [0.1, 0.15) is 28.4 Å². The van der Waals surface area contributed by atoms with Crippen LogP contribution in [0, 0.1) is 13.8 Å². The van der Waals surface area contributed by atoms with E-state index in [4.69, 9.17) is 20.8 Å². The number of hydrogen-bond donors (Lipinski definition) is 0. The number of ether oxygens (including phenoxy) is 1. The van der Waals surface area contributed by atoms with Crippen LogP contribution in [-0.4, -0.2) is 24.6 Å². The highest BCUT2D eigenvalue weighted by atomic mass is 35.5. The second kappa shape index (κ2) is 7.47. The van der Waals surface area contributed by atoms with Crippen LogP contribution in [0.2, 0.25) is 5.02 Å². The van der Waals surface area contributed by atoms with Gasteiger partial charge in [-0.25, -0.2) is 4.79 Å². The number of benzene rings is 2. The fourth-order valence-corrected chi connectivity index (χ4v) is 3.75. The van der Waals surface area contributed by atoms with Gasteiger partial charge < -0.3 is 9.15 Å². The number of morpholine rings is 1. The third kappa shape index (κ3) is 3.79. The van der Waals surface area contributed by atoms with Crippen molar-refractivity contribution in [3.63, 3.8) is 0 Å². The van der Waals surface area contributed by atoms with Crippen LogP contribution in [0.25, 0.3) is 11.0 Å². The molecule has 140 valence electrons. The lowest BCUT2D eigenvalue weighted by molar-refractivity contribution is -0.0328. The Morgan fingerprint density at radius 3 is 2.70 bits per heavy atom. The molecule has 3 aromatic rings. The monoisotopic (exact) mass is 383 g/mol. The zero-order valence-electron chi connectivity index (χ0n) is 15.5. The predicted molar refractivity (Wildman–Crippen MR) is 107 cm³/mol. The smallest absolute Gasteiger partial charge is 0.336 e. The minimum atomic E-state index is -0.297. The third-order valence-corrected chi connectivity index (χ3v) is 5.56. The molecule has 0 saturated carbocycles. The standard InChI is InChI=1S/C22H22ClNO3/c1-14-3-8-19-17(11-21(25)27-22(19)15(14)2)12-24-9-10-26-20(13-24)16-4-6-18(23)7-5-16/h3-8,11,20H,9-10,12-13H2,1-2H3. The largest absolute Gasteiger partial charge is 0.422 e. The molecule has 1 fully saturated rings. The fraction of sp³-hybridized carbons (Fsp3) is 0.318. The summed E-state index contributed by atoms with van der Waals surface area (Å²) in [5.41, 5.74) is 4.66. The van der Waals surface area contributed by atoms with Gasteiger partial charge in [0.05, 0.1) is 12.7 Å². The van der Waals surface area contributed by atoms with E-state index < -0.39 is 0 Å². The van der Waals surface area contributed by atoms with Crippen LogP contribution in [-0.2, 0) is 11.3 Å². The number of rotatable bonds is 3. The lowest BCUT2D eigenvalue weighted by Gasteiger charge is -2.33. The molecular weight excluding hydrogens is 362 g/mol. The topological polar surface area (TPSA) is 42.7 Å². The quantitative estimate of drug-likeness (QED) is 0.618. The molecule has 2 aromatic carbocycles. The second-order valence-corrected chi connectivity index (χ2v) is 7.56. The van der Waals surface area contributed by atoms with Gasteiger partial charge in [0.2, 0.25) is 0 Å². The average Bonchev–Trinajstić information content (AvgIpc) is 2.66. The van der Waals surface area contributed by atoms with Crippen molar-refractivity contribution in [3.05, 3.63) is 80.2 Å². The molecule has 0 N–H and O–H groups in total. The van der Waals surface area contributed by atoms with Crippen molar-refractivity contribution >= 4 is 22.6 Å². The van der Waals surface area contributed by atoms with Gasteiger partial charge in [0.25, 0.3) is 0 Å². The molecule has 2 heterocycles. The van der Waals surface area contributed by atoms with Gasteiger partial charge >= 0.3 is 5.63 Å². The molecule has 5 heteroatoms. The van der Waals surface area contributed by atoms with Crippen LogP contribution in [0.5, 0.6) is 0 Å². The molecule has 1 unspecified atom stereocenters. The first kappa shape index (κ1) is 18.2. The molecule has 4 nitrogen and oxygen atoms in total. The Kier molecular flexibility index (Phi) is 5.04. The predicted octanol–water partition coefficient (Wildman–Crippen LogP) is 4.64. The number of aryl methyl sites for hydroxylation is 2. The van der Waals surface area contributed by atoms with Crippen molar-refractivity contribution in [1.29, 1.82) is 0 Å². The van der Waals surface area contributed by atoms with E-state index in [2.05, 4.69) is 11.0 Å². The van der Waals surface area contributed by atoms with E-state index in [-0.39, 0.29) is 11.7 Å². The maximum absolute atomic E-state index is 12.1. The summed E-state index contributed by atoms with van der Waals surface area (Å²) in [6.45, 7) is 6.98. The summed E-state index contributed by atoms with van der Waals surface area (Å²) in [6, 6.07) is 13.5. The van der Waals surface area contributed by atoms with E-state index in [1.54, 1.807) is 6.07 Å². The van der Waals surface area contributed by atoms with Crippen molar-refractivity contribution in [3.8, 4) is 0 Å². The molecule has 0 spiro atoms. The van der Waals surface area contributed by atoms with E-state index in [1.807, 2.05) is 44.2 Å². The van der Waals surface area contributed by atoms with Gasteiger partial charge in [-0.1, -0.05) is 35.9 Å². The summed E-state index contributed by atoms with van der Waals surface area (Å²) in [6.07, 6.45) is 0.00591. The number of fused-ring (bicyclic) bond motifs is 1. The van der Waals surface area contributed by atoms with E-state index in [1.165, 1.54) is 0 Å². The maximum Gasteiger partial charge on any atom is 0.336 e. The first-order valence-corrected chi connectivity index (χ1v) is 9.51. The van der Waals surface area contributed by atoms with Gasteiger partial charge in [-0.3, -0.25) is 4.90 Å². The van der Waals surface area contributed by atoms with Gasteiger partial charge in [-0.2, -0.15) is 0 Å². The van der Waals surface area contributed by atoms with Crippen LogP contribution >= 0.6 is 11.6 Å². The second-order valence-electron chi connectivity index (χ2n) is 7.12. The summed E-state index contributed by atoms with van der Waals surface area (Å²) >= 11 is 5.99. The molecular formula is C22H22ClNO3. The molecule has 1 aliphatic rings. The molecule has 0 radical (unpaired) electrons. The molecule has 1 saturated heterocycles. The summed E-state index contributed by atoms with van der Waals surface area (Å²) in [4.78, 5) is 14.4. The highest BCUT2D eigenvalue weighted by molar-refractivity contribution is 6.30. The van der Waals surface area contributed by atoms with Crippen LogP contribution in [0.15, 0.2) is 51.7 Å². The molecule has 1 aliphatic heterocycles. The third-order valence-electron chi connectivity index (χ3n) is 5.30. The lowest BCUT2D eigenvalue weighted by Crippen LogP contribution is -2.38. The highest BCUT2D eigenvalue weighted by Crippen LogP contribution is 2.27. The Bertz CT molecular complexity index is 1030. The molecule has 0 aliphatic carbocycles. The van der Waals surface area contributed by atoms with Crippen molar-refractivity contribution in [1.82, 2.24) is 4.90 Å². The average molecular weight is 384 g/mol. The number of hydrogen-bond acceptors (Lipinski definition) is 4. The first-order valence-electron chi connectivity index (χ1n) is 9.13. The van der Waals surface area contributed by atoms with Gasteiger partial charge in [-0.15, -0.1) is 0 Å². The zero-order valence-corrected chi connectivity index (χ0v) is 16.3. The Labute approximate surface area is 163 Å². The molecule has 1 atom stereocenters. The van der Waals surface area contributed by atoms with Crippen molar-refractivity contribution in [2.24, 2.45) is 0 Å². The van der Waals surface area contributed by atoms with Crippen molar-refractivity contribution in [2.75, 3.05) is 19.7 Å². The minimum Gasteiger partial charge on any atom is -0.422 e. The Hall–Kier alpha value is -2.14. The molecule has 4 rings (SSSR count). The van der Waals surface area contributed by atoms with E-state index in [0.29, 0.717) is 18.7 Å². The van der Waals surface area contributed by atoms with Crippen LogP contribution < -0.4 is 5.63 Å². The summed E-state index contributed by atoms with van der Waals surface area (Å²) in [5, 5.41) is 1.73. The van der Waals surface area contributed by atoms with E-state index in [9.17, 15) is 4.79 Å². The van der Waals surface area contributed by atoms with Crippen molar-refractivity contribution < 1.29 is 9.15 Å². The Balaban J connectivity index is 1.61. The highest BCUT2D eigenvalue weighted by Gasteiger charge is 2.23. The maximum atomic E-state index is 12.1. The van der Waals surface area contributed by atoms with Crippen LogP contribution in [0.4, 0.5) is 0 Å². The number of nitrogens with zero attached hydrogens (tertiary/aromatic N) is 1. The van der Waals surface area contributed by atoms with Gasteiger partial charge in [-0.05, 0) is 48.2 Å². The van der Waals surface area contributed by atoms with Gasteiger partial charge in [0, 0.05) is 36.1 Å². The normalized spacial score (nSPS) is 18.1. The van der Waals surface area contributed by atoms with Crippen LogP contribution in [0.3, 0.4) is 0 Å². The van der Waals surface area contributed by atoms with E-state index >= 15 is 0 Å². The van der Waals surface area contributed by atoms with Crippen molar-refractivity contribution in [2.45, 2.75) is 26.5 Å². The molecule has 1 aromatic heterocycles. The molecule has 0 bridgehead atoms. The summed E-state index contributed by atoms with van der Waals surface area (Å²) < 4.78 is 11.4. The summed E-state index contributed by atoms with van der Waals surface area (Å²) in [5.74, 6) is 0. The Morgan fingerprint density at radius 1 is 1.15 bits per heavy atom.